The summed E-state index contributed by atoms with van der Waals surface area (Å²) < 4.78 is 0. The number of carbonyl (C=O) groups is 1. The Balaban J connectivity index is 1.66. The molecular formula is C20H21N5O. The minimum Gasteiger partial charge on any atom is -0.346 e. The van der Waals surface area contributed by atoms with Gasteiger partial charge in [0.25, 0.3) is 5.91 Å². The largest absolute Gasteiger partial charge is 0.346 e. The number of hydrogen-bond donors (Lipinski definition) is 2. The van der Waals surface area contributed by atoms with Gasteiger partial charge in [0.05, 0.1) is 17.8 Å². The molecule has 0 atom stereocenters. The maximum atomic E-state index is 12.2. The molecule has 0 aliphatic rings. The number of aryl methyl sites for hydroxylation is 2. The second-order valence-electron chi connectivity index (χ2n) is 5.89. The molecule has 1 amide bonds. The summed E-state index contributed by atoms with van der Waals surface area (Å²) in [4.78, 5) is 24.9. The molecule has 0 aliphatic carbocycles. The number of benzene rings is 1. The number of pyridine rings is 1. The number of hydrogen-bond acceptors (Lipinski definition) is 5. The lowest BCUT2D eigenvalue weighted by atomic mass is 10.1. The van der Waals surface area contributed by atoms with E-state index in [0.29, 0.717) is 18.1 Å². The third-order valence-electron chi connectivity index (χ3n) is 4.05. The summed E-state index contributed by atoms with van der Waals surface area (Å²) in [6, 6.07) is 11.7. The van der Waals surface area contributed by atoms with Gasteiger partial charge in [-0.05, 0) is 36.6 Å². The van der Waals surface area contributed by atoms with Crippen molar-refractivity contribution in [1.82, 2.24) is 20.3 Å². The Kier molecular flexibility index (Phi) is 5.53. The van der Waals surface area contributed by atoms with Crippen molar-refractivity contribution < 1.29 is 4.79 Å². The highest BCUT2D eigenvalue weighted by molar-refractivity contribution is 5.93. The maximum Gasteiger partial charge on any atom is 0.254 e. The standard InChI is InChI=1S/C20H21N5O/c1-3-15-8-6-7-14(2)18(15)25-20-23-11-16(12-24-20)19(26)22-13-17-9-4-5-10-21-17/h4-12H,3,13H2,1-2H3,(H,22,26)(H,23,24,25). The lowest BCUT2D eigenvalue weighted by Gasteiger charge is -2.12. The van der Waals surface area contributed by atoms with E-state index < -0.39 is 0 Å². The monoisotopic (exact) mass is 347 g/mol. The summed E-state index contributed by atoms with van der Waals surface area (Å²) in [6.45, 7) is 4.51. The molecule has 0 saturated carbocycles. The van der Waals surface area contributed by atoms with E-state index in [1.807, 2.05) is 37.3 Å². The molecule has 26 heavy (non-hydrogen) atoms. The van der Waals surface area contributed by atoms with Gasteiger partial charge in [0.2, 0.25) is 5.95 Å². The van der Waals surface area contributed by atoms with E-state index in [4.69, 9.17) is 0 Å². The van der Waals surface area contributed by atoms with E-state index in [1.165, 1.54) is 18.0 Å². The predicted octanol–water partition coefficient (Wildman–Crippen LogP) is 3.42. The molecule has 0 saturated heterocycles. The van der Waals surface area contributed by atoms with Crippen molar-refractivity contribution in [2.45, 2.75) is 26.8 Å². The average Bonchev–Trinajstić information content (AvgIpc) is 2.69. The molecule has 0 spiro atoms. The van der Waals surface area contributed by atoms with Crippen LogP contribution >= 0.6 is 0 Å². The van der Waals surface area contributed by atoms with Crippen molar-refractivity contribution >= 4 is 17.5 Å². The number of carbonyl (C=O) groups excluding carboxylic acids is 1. The molecule has 0 unspecified atom stereocenters. The number of amides is 1. The number of nitrogens with zero attached hydrogens (tertiary/aromatic N) is 3. The lowest BCUT2D eigenvalue weighted by molar-refractivity contribution is 0.0949. The Bertz CT molecular complexity index is 878. The Hall–Kier alpha value is -3.28. The van der Waals surface area contributed by atoms with Crippen LogP contribution in [0.2, 0.25) is 0 Å². The number of aromatic nitrogens is 3. The van der Waals surface area contributed by atoms with Gasteiger partial charge in [0.1, 0.15) is 0 Å². The van der Waals surface area contributed by atoms with Crippen LogP contribution in [-0.4, -0.2) is 20.9 Å². The van der Waals surface area contributed by atoms with Gasteiger partial charge in [-0.3, -0.25) is 9.78 Å². The quantitative estimate of drug-likeness (QED) is 0.714. The smallest absolute Gasteiger partial charge is 0.254 e. The summed E-state index contributed by atoms with van der Waals surface area (Å²) in [7, 11) is 0. The topological polar surface area (TPSA) is 79.8 Å². The third-order valence-corrected chi connectivity index (χ3v) is 4.05. The fourth-order valence-electron chi connectivity index (χ4n) is 2.60. The highest BCUT2D eigenvalue weighted by atomic mass is 16.1. The summed E-state index contributed by atoms with van der Waals surface area (Å²) >= 11 is 0. The summed E-state index contributed by atoms with van der Waals surface area (Å²) in [5, 5.41) is 6.06. The number of nitrogens with one attached hydrogen (secondary N) is 2. The van der Waals surface area contributed by atoms with Crippen LogP contribution in [0.15, 0.2) is 55.0 Å². The van der Waals surface area contributed by atoms with Crippen molar-refractivity contribution in [1.29, 1.82) is 0 Å². The fraction of sp³-hybridized carbons (Fsp3) is 0.200. The average molecular weight is 347 g/mol. The second-order valence-corrected chi connectivity index (χ2v) is 5.89. The van der Waals surface area contributed by atoms with Gasteiger partial charge in [0, 0.05) is 24.3 Å². The summed E-state index contributed by atoms with van der Waals surface area (Å²) in [5.41, 5.74) is 4.55. The molecule has 1 aromatic carbocycles. The van der Waals surface area contributed by atoms with Crippen LogP contribution in [0.4, 0.5) is 11.6 Å². The Morgan fingerprint density at radius 2 is 1.85 bits per heavy atom. The van der Waals surface area contributed by atoms with E-state index in [1.54, 1.807) is 6.20 Å². The molecule has 0 bridgehead atoms. The summed E-state index contributed by atoms with van der Waals surface area (Å²) in [5.74, 6) is 0.239. The molecule has 2 N–H and O–H groups in total. The first-order valence-electron chi connectivity index (χ1n) is 8.53. The molecule has 2 heterocycles. The van der Waals surface area contributed by atoms with Crippen molar-refractivity contribution in [3.05, 3.63) is 77.4 Å². The van der Waals surface area contributed by atoms with Gasteiger partial charge >= 0.3 is 0 Å². The van der Waals surface area contributed by atoms with Crippen LogP contribution in [0.25, 0.3) is 0 Å². The van der Waals surface area contributed by atoms with Crippen LogP contribution in [0.3, 0.4) is 0 Å². The first kappa shape index (κ1) is 17.5. The highest BCUT2D eigenvalue weighted by Crippen LogP contribution is 2.23. The van der Waals surface area contributed by atoms with Gasteiger partial charge < -0.3 is 10.6 Å². The van der Waals surface area contributed by atoms with Gasteiger partial charge in [-0.25, -0.2) is 9.97 Å². The molecule has 132 valence electrons. The van der Waals surface area contributed by atoms with Crippen LogP contribution in [-0.2, 0) is 13.0 Å². The number of rotatable bonds is 6. The summed E-state index contributed by atoms with van der Waals surface area (Å²) in [6.07, 6.45) is 5.65. The van der Waals surface area contributed by atoms with E-state index in [-0.39, 0.29) is 5.91 Å². The van der Waals surface area contributed by atoms with Gasteiger partial charge in [0.15, 0.2) is 0 Å². The first-order chi connectivity index (χ1) is 12.7. The SMILES string of the molecule is CCc1cccc(C)c1Nc1ncc(C(=O)NCc2ccccn2)cn1. The van der Waals surface area contributed by atoms with E-state index in [2.05, 4.69) is 38.6 Å². The molecular weight excluding hydrogens is 326 g/mol. The highest BCUT2D eigenvalue weighted by Gasteiger charge is 2.09. The molecule has 0 fully saturated rings. The van der Waals surface area contributed by atoms with E-state index in [0.717, 1.165) is 23.4 Å². The zero-order valence-electron chi connectivity index (χ0n) is 14.9. The van der Waals surface area contributed by atoms with Crippen molar-refractivity contribution in [3.63, 3.8) is 0 Å². The Morgan fingerprint density at radius 1 is 1.04 bits per heavy atom. The fourth-order valence-corrected chi connectivity index (χ4v) is 2.60. The number of para-hydroxylation sites is 1. The molecule has 2 aromatic heterocycles. The molecule has 3 rings (SSSR count). The van der Waals surface area contributed by atoms with Crippen molar-refractivity contribution in [2.24, 2.45) is 0 Å². The van der Waals surface area contributed by atoms with E-state index in [9.17, 15) is 4.79 Å². The predicted molar refractivity (Wildman–Crippen MR) is 101 cm³/mol. The Labute approximate surface area is 152 Å². The van der Waals surface area contributed by atoms with Crippen LogP contribution in [0.5, 0.6) is 0 Å². The molecule has 0 radical (unpaired) electrons. The van der Waals surface area contributed by atoms with Gasteiger partial charge in [-0.2, -0.15) is 0 Å². The van der Waals surface area contributed by atoms with Crippen molar-refractivity contribution in [3.8, 4) is 0 Å². The molecule has 6 heteroatoms. The van der Waals surface area contributed by atoms with Gasteiger partial charge in [-0.1, -0.05) is 31.2 Å². The van der Waals surface area contributed by atoms with Crippen LogP contribution < -0.4 is 10.6 Å². The second kappa shape index (κ2) is 8.20. The lowest BCUT2D eigenvalue weighted by Crippen LogP contribution is -2.23. The normalized spacial score (nSPS) is 10.4. The zero-order chi connectivity index (χ0) is 18.4. The van der Waals surface area contributed by atoms with Gasteiger partial charge in [-0.15, -0.1) is 0 Å². The maximum absolute atomic E-state index is 12.2. The number of anilines is 2. The minimum atomic E-state index is -0.229. The van der Waals surface area contributed by atoms with Crippen LogP contribution in [0, 0.1) is 6.92 Å². The first-order valence-corrected chi connectivity index (χ1v) is 8.53. The zero-order valence-corrected chi connectivity index (χ0v) is 14.9. The molecule has 6 nitrogen and oxygen atoms in total. The van der Waals surface area contributed by atoms with E-state index >= 15 is 0 Å². The minimum absolute atomic E-state index is 0.229. The Morgan fingerprint density at radius 3 is 2.54 bits per heavy atom. The van der Waals surface area contributed by atoms with Crippen LogP contribution in [0.1, 0.15) is 34.1 Å². The van der Waals surface area contributed by atoms with Crippen molar-refractivity contribution in [2.75, 3.05) is 5.32 Å². The third kappa shape index (κ3) is 4.22. The molecule has 0 aliphatic heterocycles. The molecule has 3 aromatic rings.